The molecule has 1 amide bonds. The smallest absolute Gasteiger partial charge is 0.284 e. The molecule has 29 heavy (non-hydrogen) atoms. The minimum absolute atomic E-state index is 0.154. The van der Waals surface area contributed by atoms with E-state index in [4.69, 9.17) is 23.2 Å². The van der Waals surface area contributed by atoms with Crippen molar-refractivity contribution in [3.05, 3.63) is 80.3 Å². The van der Waals surface area contributed by atoms with Gasteiger partial charge in [-0.25, -0.2) is 4.39 Å². The van der Waals surface area contributed by atoms with Crippen molar-refractivity contribution in [3.63, 3.8) is 0 Å². The number of carbonyl (C=O) groups is 1. The van der Waals surface area contributed by atoms with E-state index < -0.39 is 23.3 Å². The van der Waals surface area contributed by atoms with E-state index in [1.165, 1.54) is 24.3 Å². The first-order chi connectivity index (χ1) is 13.8. The Bertz CT molecular complexity index is 1130. The number of aromatic nitrogens is 2. The van der Waals surface area contributed by atoms with Gasteiger partial charge in [-0.3, -0.25) is 9.59 Å². The van der Waals surface area contributed by atoms with Gasteiger partial charge < -0.3 is 10.4 Å². The molecule has 0 radical (unpaired) electrons. The summed E-state index contributed by atoms with van der Waals surface area (Å²) < 4.78 is 14.6. The van der Waals surface area contributed by atoms with Crippen molar-refractivity contribution in [1.29, 1.82) is 0 Å². The lowest BCUT2D eigenvalue weighted by molar-refractivity contribution is 0.0920. The van der Waals surface area contributed by atoms with Crippen LogP contribution in [-0.4, -0.2) is 33.4 Å². The maximum Gasteiger partial charge on any atom is 0.284 e. The van der Waals surface area contributed by atoms with Crippen molar-refractivity contribution < 1.29 is 14.3 Å². The van der Waals surface area contributed by atoms with E-state index in [9.17, 15) is 19.1 Å². The number of amides is 1. The van der Waals surface area contributed by atoms with Gasteiger partial charge in [0.1, 0.15) is 11.4 Å². The number of aliphatic hydroxyl groups excluding tert-OH is 1. The minimum Gasteiger partial charge on any atom is -0.394 e. The van der Waals surface area contributed by atoms with Crippen LogP contribution in [0, 0.1) is 5.82 Å². The standard InChI is InChI=1S/C20H16Cl2FN3O3/c1-11(10-27)24-19(28)15-9-18(12-5-6-16(21)17(22)7-12)25-26(20(15)29)14-4-2-3-13(23)8-14/h2-9,11,27H,10H2,1H3,(H,24,28)/t11-/m0/s1. The Labute approximate surface area is 175 Å². The van der Waals surface area contributed by atoms with Gasteiger partial charge in [-0.15, -0.1) is 0 Å². The summed E-state index contributed by atoms with van der Waals surface area (Å²) in [7, 11) is 0. The largest absolute Gasteiger partial charge is 0.394 e. The molecule has 2 aromatic carbocycles. The fourth-order valence-electron chi connectivity index (χ4n) is 2.58. The van der Waals surface area contributed by atoms with Gasteiger partial charge in [-0.2, -0.15) is 9.78 Å². The molecule has 9 heteroatoms. The third-order valence-electron chi connectivity index (χ3n) is 4.08. The highest BCUT2D eigenvalue weighted by Crippen LogP contribution is 2.27. The van der Waals surface area contributed by atoms with Gasteiger partial charge in [0, 0.05) is 11.6 Å². The fraction of sp³-hybridized carbons (Fsp3) is 0.150. The summed E-state index contributed by atoms with van der Waals surface area (Å²) in [4.78, 5) is 25.5. The van der Waals surface area contributed by atoms with Crippen LogP contribution in [-0.2, 0) is 0 Å². The van der Waals surface area contributed by atoms with Crippen LogP contribution < -0.4 is 10.9 Å². The highest BCUT2D eigenvalue weighted by molar-refractivity contribution is 6.42. The van der Waals surface area contributed by atoms with Crippen LogP contribution in [0.5, 0.6) is 0 Å². The van der Waals surface area contributed by atoms with Gasteiger partial charge in [0.25, 0.3) is 11.5 Å². The molecule has 1 aromatic heterocycles. The molecule has 0 spiro atoms. The maximum atomic E-state index is 13.7. The SMILES string of the molecule is C[C@@H](CO)NC(=O)c1cc(-c2ccc(Cl)c(Cl)c2)nn(-c2cccc(F)c2)c1=O. The molecule has 0 aliphatic carbocycles. The lowest BCUT2D eigenvalue weighted by Crippen LogP contribution is -2.39. The molecule has 1 atom stereocenters. The molecule has 0 bridgehead atoms. The van der Waals surface area contributed by atoms with Crippen molar-refractivity contribution in [3.8, 4) is 16.9 Å². The molecule has 0 saturated carbocycles. The monoisotopic (exact) mass is 435 g/mol. The highest BCUT2D eigenvalue weighted by Gasteiger charge is 2.19. The molecule has 1 heterocycles. The van der Waals surface area contributed by atoms with Crippen LogP contribution in [0.2, 0.25) is 10.0 Å². The van der Waals surface area contributed by atoms with Crippen molar-refractivity contribution >= 4 is 29.1 Å². The Kier molecular flexibility index (Phi) is 6.32. The number of benzene rings is 2. The zero-order chi connectivity index (χ0) is 21.1. The quantitative estimate of drug-likeness (QED) is 0.642. The Balaban J connectivity index is 2.22. The van der Waals surface area contributed by atoms with E-state index in [1.807, 2.05) is 0 Å². The average molecular weight is 436 g/mol. The molecule has 0 aliphatic rings. The first kappa shape index (κ1) is 21.0. The van der Waals surface area contributed by atoms with Gasteiger partial charge in [0.05, 0.1) is 28.0 Å². The summed E-state index contributed by atoms with van der Waals surface area (Å²) in [5.74, 6) is -1.25. The van der Waals surface area contributed by atoms with Gasteiger partial charge in [0.15, 0.2) is 0 Å². The molecule has 150 valence electrons. The second-order valence-corrected chi connectivity index (χ2v) is 7.14. The summed E-state index contributed by atoms with van der Waals surface area (Å²) in [6.07, 6.45) is 0. The number of halogens is 3. The van der Waals surface area contributed by atoms with Crippen LogP contribution >= 0.6 is 23.2 Å². The molecule has 0 aliphatic heterocycles. The van der Waals surface area contributed by atoms with Crippen LogP contribution in [0.4, 0.5) is 4.39 Å². The Morgan fingerprint density at radius 3 is 2.62 bits per heavy atom. The van der Waals surface area contributed by atoms with Gasteiger partial charge in [-0.1, -0.05) is 35.3 Å². The average Bonchev–Trinajstić information content (AvgIpc) is 2.70. The second kappa shape index (κ2) is 8.73. The van der Waals surface area contributed by atoms with Crippen molar-refractivity contribution in [2.75, 3.05) is 6.61 Å². The molecule has 2 N–H and O–H groups in total. The lowest BCUT2D eigenvalue weighted by Gasteiger charge is -2.14. The third kappa shape index (κ3) is 4.64. The summed E-state index contributed by atoms with van der Waals surface area (Å²) in [5.41, 5.74) is -0.0307. The first-order valence-corrected chi connectivity index (χ1v) is 9.33. The van der Waals surface area contributed by atoms with Gasteiger partial charge in [0.2, 0.25) is 0 Å². The van der Waals surface area contributed by atoms with Gasteiger partial charge >= 0.3 is 0 Å². The molecular formula is C20H16Cl2FN3O3. The van der Waals surface area contributed by atoms with Crippen molar-refractivity contribution in [1.82, 2.24) is 15.1 Å². The summed E-state index contributed by atoms with van der Waals surface area (Å²) in [6, 6.07) is 10.8. The molecule has 0 saturated heterocycles. The number of carbonyl (C=O) groups excluding carboxylic acids is 1. The van der Waals surface area contributed by atoms with E-state index in [0.29, 0.717) is 10.6 Å². The summed E-state index contributed by atoms with van der Waals surface area (Å²) in [6.45, 7) is 1.29. The van der Waals surface area contributed by atoms with Gasteiger partial charge in [-0.05, 0) is 43.3 Å². The molecule has 6 nitrogen and oxygen atoms in total. The zero-order valence-electron chi connectivity index (χ0n) is 15.2. The van der Waals surface area contributed by atoms with E-state index in [0.717, 1.165) is 10.7 Å². The zero-order valence-corrected chi connectivity index (χ0v) is 16.7. The van der Waals surface area contributed by atoms with Crippen LogP contribution in [0.25, 0.3) is 16.9 Å². The predicted octanol–water partition coefficient (Wildman–Crippen LogP) is 3.46. The van der Waals surface area contributed by atoms with E-state index in [2.05, 4.69) is 10.4 Å². The number of hydrogen-bond acceptors (Lipinski definition) is 4. The summed E-state index contributed by atoms with van der Waals surface area (Å²) in [5, 5.41) is 16.6. The molecule has 3 rings (SSSR count). The molecule has 3 aromatic rings. The fourth-order valence-corrected chi connectivity index (χ4v) is 2.88. The Hall–Kier alpha value is -2.74. The van der Waals surface area contributed by atoms with Crippen LogP contribution in [0.3, 0.4) is 0 Å². The summed E-state index contributed by atoms with van der Waals surface area (Å²) >= 11 is 12.0. The Morgan fingerprint density at radius 1 is 1.21 bits per heavy atom. The number of nitrogens with one attached hydrogen (secondary N) is 1. The Morgan fingerprint density at radius 2 is 1.97 bits per heavy atom. The topological polar surface area (TPSA) is 84.2 Å². The molecule has 0 fully saturated rings. The number of aliphatic hydroxyl groups is 1. The van der Waals surface area contributed by atoms with Crippen LogP contribution in [0.1, 0.15) is 17.3 Å². The van der Waals surface area contributed by atoms with Crippen molar-refractivity contribution in [2.45, 2.75) is 13.0 Å². The van der Waals surface area contributed by atoms with E-state index in [1.54, 1.807) is 25.1 Å². The lowest BCUT2D eigenvalue weighted by atomic mass is 10.1. The first-order valence-electron chi connectivity index (χ1n) is 8.57. The highest BCUT2D eigenvalue weighted by atomic mass is 35.5. The molecular weight excluding hydrogens is 420 g/mol. The maximum absolute atomic E-state index is 13.7. The predicted molar refractivity (Wildman–Crippen MR) is 109 cm³/mol. The van der Waals surface area contributed by atoms with Crippen molar-refractivity contribution in [2.24, 2.45) is 0 Å². The number of hydrogen-bond donors (Lipinski definition) is 2. The normalized spacial score (nSPS) is 11.9. The van der Waals surface area contributed by atoms with E-state index >= 15 is 0 Å². The number of rotatable bonds is 5. The number of nitrogens with zero attached hydrogens (tertiary/aromatic N) is 2. The molecule has 0 unspecified atom stereocenters. The van der Waals surface area contributed by atoms with Crippen LogP contribution in [0.15, 0.2) is 53.3 Å². The minimum atomic E-state index is -0.734. The van der Waals surface area contributed by atoms with E-state index in [-0.39, 0.29) is 28.6 Å². The second-order valence-electron chi connectivity index (χ2n) is 6.33. The third-order valence-corrected chi connectivity index (χ3v) is 4.81.